The number of hydrogen-bond donors (Lipinski definition) is 2. The highest BCUT2D eigenvalue weighted by Crippen LogP contribution is 2.18. The van der Waals surface area contributed by atoms with Crippen LogP contribution in [0.2, 0.25) is 0 Å². The molecule has 1 fully saturated rings. The standard InChI is InChI=1S/C15H20N6O2S2/c1-10-8-24-13(16-10)18-12(22)7-11-9-25-14(17-11)19-15(23)21-5-3-20(2)4-6-21/h8-9H,3-7H2,1-2H3,(H,16,18,22)(H,17,19,23). The number of rotatable bonds is 4. The summed E-state index contributed by atoms with van der Waals surface area (Å²) in [7, 11) is 2.04. The highest BCUT2D eigenvalue weighted by atomic mass is 32.1. The molecule has 3 rings (SSSR count). The second kappa shape index (κ2) is 7.89. The minimum Gasteiger partial charge on any atom is -0.322 e. The number of urea groups is 1. The van der Waals surface area contributed by atoms with Gasteiger partial charge in [0.2, 0.25) is 5.91 Å². The number of hydrogen-bond acceptors (Lipinski definition) is 7. The van der Waals surface area contributed by atoms with Gasteiger partial charge in [-0.25, -0.2) is 14.8 Å². The van der Waals surface area contributed by atoms with Gasteiger partial charge >= 0.3 is 6.03 Å². The second-order valence-corrected chi connectivity index (χ2v) is 7.60. The Hall–Kier alpha value is -2.04. The molecule has 10 heteroatoms. The zero-order chi connectivity index (χ0) is 17.8. The van der Waals surface area contributed by atoms with Gasteiger partial charge in [0.15, 0.2) is 10.3 Å². The summed E-state index contributed by atoms with van der Waals surface area (Å²) in [6, 6.07) is -0.142. The molecule has 8 nitrogen and oxygen atoms in total. The van der Waals surface area contributed by atoms with Crippen LogP contribution in [0.1, 0.15) is 11.4 Å². The van der Waals surface area contributed by atoms with Crippen LogP contribution >= 0.6 is 22.7 Å². The van der Waals surface area contributed by atoms with Crippen molar-refractivity contribution in [3.05, 3.63) is 22.1 Å². The number of nitrogens with zero attached hydrogens (tertiary/aromatic N) is 4. The van der Waals surface area contributed by atoms with E-state index in [1.165, 1.54) is 22.7 Å². The molecule has 2 aromatic heterocycles. The van der Waals surface area contributed by atoms with Crippen LogP contribution < -0.4 is 10.6 Å². The van der Waals surface area contributed by atoms with Gasteiger partial charge in [0.05, 0.1) is 17.8 Å². The molecule has 0 aromatic carbocycles. The number of aromatic nitrogens is 2. The first-order chi connectivity index (χ1) is 12.0. The van der Waals surface area contributed by atoms with E-state index in [1.807, 2.05) is 19.4 Å². The fourth-order valence-electron chi connectivity index (χ4n) is 2.36. The Morgan fingerprint density at radius 2 is 1.76 bits per heavy atom. The predicted molar refractivity (Wildman–Crippen MR) is 99.4 cm³/mol. The highest BCUT2D eigenvalue weighted by molar-refractivity contribution is 7.14. The lowest BCUT2D eigenvalue weighted by atomic mass is 10.3. The lowest BCUT2D eigenvalue weighted by Gasteiger charge is -2.32. The van der Waals surface area contributed by atoms with E-state index >= 15 is 0 Å². The van der Waals surface area contributed by atoms with E-state index in [0.717, 1.165) is 18.8 Å². The van der Waals surface area contributed by atoms with E-state index < -0.39 is 0 Å². The third-order valence-corrected chi connectivity index (χ3v) is 5.45. The van der Waals surface area contributed by atoms with Crippen molar-refractivity contribution < 1.29 is 9.59 Å². The zero-order valence-electron chi connectivity index (χ0n) is 14.1. The summed E-state index contributed by atoms with van der Waals surface area (Å²) < 4.78 is 0. The number of aryl methyl sites for hydroxylation is 1. The van der Waals surface area contributed by atoms with E-state index in [-0.39, 0.29) is 18.4 Å². The first kappa shape index (κ1) is 17.8. The first-order valence-corrected chi connectivity index (χ1v) is 9.66. The third kappa shape index (κ3) is 4.97. The molecule has 0 unspecified atom stereocenters. The number of anilines is 2. The van der Waals surface area contributed by atoms with E-state index in [0.29, 0.717) is 29.0 Å². The summed E-state index contributed by atoms with van der Waals surface area (Å²) in [4.78, 5) is 36.7. The maximum absolute atomic E-state index is 12.2. The van der Waals surface area contributed by atoms with Crippen LogP contribution in [0.25, 0.3) is 0 Å². The van der Waals surface area contributed by atoms with Crippen molar-refractivity contribution >= 4 is 44.9 Å². The second-order valence-electron chi connectivity index (χ2n) is 5.88. The van der Waals surface area contributed by atoms with Crippen LogP contribution in [0.5, 0.6) is 0 Å². The van der Waals surface area contributed by atoms with Gasteiger partial charge in [-0.05, 0) is 14.0 Å². The number of thiazole rings is 2. The SMILES string of the molecule is Cc1csc(NC(=O)Cc2csc(NC(=O)N3CCN(C)CC3)n2)n1. The molecule has 25 heavy (non-hydrogen) atoms. The number of nitrogens with one attached hydrogen (secondary N) is 2. The number of likely N-dealkylation sites (N-methyl/N-ethyl adjacent to an activating group) is 1. The normalized spacial score (nSPS) is 15.2. The number of carbonyl (C=O) groups is 2. The van der Waals surface area contributed by atoms with Gasteiger partial charge in [0.1, 0.15) is 0 Å². The molecule has 1 aliphatic heterocycles. The maximum atomic E-state index is 12.2. The molecule has 0 spiro atoms. The summed E-state index contributed by atoms with van der Waals surface area (Å²) in [6.45, 7) is 5.02. The first-order valence-electron chi connectivity index (χ1n) is 7.90. The van der Waals surface area contributed by atoms with E-state index in [1.54, 1.807) is 10.3 Å². The molecule has 3 heterocycles. The van der Waals surface area contributed by atoms with Crippen LogP contribution in [-0.2, 0) is 11.2 Å². The monoisotopic (exact) mass is 380 g/mol. The fraction of sp³-hybridized carbons (Fsp3) is 0.467. The largest absolute Gasteiger partial charge is 0.323 e. The topological polar surface area (TPSA) is 90.5 Å². The average Bonchev–Trinajstić information content (AvgIpc) is 3.17. The van der Waals surface area contributed by atoms with Gasteiger partial charge in [-0.1, -0.05) is 0 Å². The molecule has 0 aliphatic carbocycles. The van der Waals surface area contributed by atoms with Gasteiger partial charge < -0.3 is 15.1 Å². The summed E-state index contributed by atoms with van der Waals surface area (Å²) in [5.74, 6) is -0.170. The van der Waals surface area contributed by atoms with Crippen LogP contribution in [0.3, 0.4) is 0 Å². The Bertz CT molecular complexity index is 751. The molecule has 134 valence electrons. The van der Waals surface area contributed by atoms with Gasteiger partial charge in [-0.2, -0.15) is 0 Å². The van der Waals surface area contributed by atoms with Gasteiger partial charge in [-0.3, -0.25) is 10.1 Å². The van der Waals surface area contributed by atoms with Crippen molar-refractivity contribution in [3.8, 4) is 0 Å². The molecule has 2 N–H and O–H groups in total. The summed E-state index contributed by atoms with van der Waals surface area (Å²) in [6.07, 6.45) is 0.152. The molecule has 1 aliphatic rings. The Morgan fingerprint density at radius 3 is 2.44 bits per heavy atom. The molecule has 0 saturated carbocycles. The Morgan fingerprint density at radius 1 is 1.08 bits per heavy atom. The highest BCUT2D eigenvalue weighted by Gasteiger charge is 2.20. The van der Waals surface area contributed by atoms with Crippen LogP contribution in [-0.4, -0.2) is 64.9 Å². The van der Waals surface area contributed by atoms with Gasteiger partial charge in [0.25, 0.3) is 0 Å². The van der Waals surface area contributed by atoms with Crippen LogP contribution in [0.4, 0.5) is 15.1 Å². The molecule has 0 radical (unpaired) electrons. The van der Waals surface area contributed by atoms with E-state index in [2.05, 4.69) is 25.5 Å². The number of piperazine rings is 1. The fourth-order valence-corrected chi connectivity index (χ4v) is 3.77. The lowest BCUT2D eigenvalue weighted by Crippen LogP contribution is -2.48. The Labute approximate surface area is 153 Å². The molecular weight excluding hydrogens is 360 g/mol. The van der Waals surface area contributed by atoms with Crippen molar-refractivity contribution in [2.75, 3.05) is 43.9 Å². The van der Waals surface area contributed by atoms with Gasteiger partial charge in [-0.15, -0.1) is 22.7 Å². The Balaban J connectivity index is 1.50. The quantitative estimate of drug-likeness (QED) is 0.845. The molecule has 0 bridgehead atoms. The van der Waals surface area contributed by atoms with Crippen molar-refractivity contribution in [2.24, 2.45) is 0 Å². The van der Waals surface area contributed by atoms with Crippen molar-refractivity contribution in [1.29, 1.82) is 0 Å². The van der Waals surface area contributed by atoms with Crippen molar-refractivity contribution in [2.45, 2.75) is 13.3 Å². The predicted octanol–water partition coefficient (Wildman–Crippen LogP) is 1.87. The number of amides is 3. The van der Waals surface area contributed by atoms with E-state index in [4.69, 9.17) is 0 Å². The van der Waals surface area contributed by atoms with E-state index in [9.17, 15) is 9.59 Å². The maximum Gasteiger partial charge on any atom is 0.323 e. The zero-order valence-corrected chi connectivity index (χ0v) is 15.7. The summed E-state index contributed by atoms with van der Waals surface area (Å²) in [5.41, 5.74) is 1.51. The lowest BCUT2D eigenvalue weighted by molar-refractivity contribution is -0.115. The summed E-state index contributed by atoms with van der Waals surface area (Å²) >= 11 is 2.71. The van der Waals surface area contributed by atoms with Crippen LogP contribution in [0, 0.1) is 6.92 Å². The van der Waals surface area contributed by atoms with Gasteiger partial charge in [0, 0.05) is 36.9 Å². The number of carbonyl (C=O) groups excluding carboxylic acids is 2. The van der Waals surface area contributed by atoms with Crippen molar-refractivity contribution in [1.82, 2.24) is 19.8 Å². The Kier molecular flexibility index (Phi) is 5.61. The minimum atomic E-state index is -0.170. The molecule has 1 saturated heterocycles. The van der Waals surface area contributed by atoms with Crippen LogP contribution in [0.15, 0.2) is 10.8 Å². The van der Waals surface area contributed by atoms with Crippen molar-refractivity contribution in [3.63, 3.8) is 0 Å². The molecule has 0 atom stereocenters. The third-order valence-electron chi connectivity index (χ3n) is 3.76. The molecule has 3 amide bonds. The molecule has 2 aromatic rings. The minimum absolute atomic E-state index is 0.142. The smallest absolute Gasteiger partial charge is 0.322 e. The average molecular weight is 380 g/mol. The summed E-state index contributed by atoms with van der Waals surface area (Å²) in [5, 5.41) is 10.3. The molecular formula is C15H20N6O2S2.